The van der Waals surface area contributed by atoms with Gasteiger partial charge in [0.1, 0.15) is 6.04 Å². The van der Waals surface area contributed by atoms with Crippen molar-refractivity contribution >= 4 is 80.5 Å². The summed E-state index contributed by atoms with van der Waals surface area (Å²) < 4.78 is 42.2. The number of nitrogens with one attached hydrogen (secondary N) is 1. The molecule has 60 heavy (non-hydrogen) atoms. The minimum absolute atomic E-state index is 0.00879. The molecule has 3 aliphatic heterocycles. The summed E-state index contributed by atoms with van der Waals surface area (Å²) in [6, 6.07) is 9.74. The van der Waals surface area contributed by atoms with Crippen LogP contribution in [-0.2, 0) is 32.8 Å². The Labute approximate surface area is 364 Å². The van der Waals surface area contributed by atoms with Crippen LogP contribution >= 0.6 is 42.5 Å². The molecule has 5 heterocycles. The Morgan fingerprint density at radius 2 is 1.63 bits per heavy atom. The highest BCUT2D eigenvalue weighted by Crippen LogP contribution is 2.62. The van der Waals surface area contributed by atoms with Gasteiger partial charge in [0.15, 0.2) is 10.2 Å². The van der Waals surface area contributed by atoms with Gasteiger partial charge in [-0.3, -0.25) is 33.5 Å². The lowest BCUT2D eigenvalue weighted by Gasteiger charge is -2.42. The van der Waals surface area contributed by atoms with Crippen LogP contribution < -0.4 is 5.32 Å². The fraction of sp³-hybridized carbons (Fsp3) is 0.581. The predicted molar refractivity (Wildman–Crippen MR) is 236 cm³/mol. The van der Waals surface area contributed by atoms with Crippen LogP contribution in [0.4, 0.5) is 4.39 Å². The molecular formula is C43H56FN4O8PS3. The summed E-state index contributed by atoms with van der Waals surface area (Å²) in [5.74, 6) is -2.15. The highest BCUT2D eigenvalue weighted by Gasteiger charge is 2.47. The number of amides is 3. The highest BCUT2D eigenvalue weighted by molar-refractivity contribution is 8.13. The van der Waals surface area contributed by atoms with Gasteiger partial charge >= 0.3 is 7.60 Å². The van der Waals surface area contributed by atoms with Gasteiger partial charge in [-0.2, -0.15) is 0 Å². The molecular weight excluding hydrogens is 847 g/mol. The molecule has 3 amide bonds. The van der Waals surface area contributed by atoms with E-state index in [1.165, 1.54) is 23.5 Å². The van der Waals surface area contributed by atoms with E-state index in [4.69, 9.17) is 9.05 Å². The molecule has 3 aromatic rings. The minimum atomic E-state index is -4.43. The van der Waals surface area contributed by atoms with Crippen molar-refractivity contribution in [2.45, 2.75) is 96.6 Å². The van der Waals surface area contributed by atoms with E-state index in [0.717, 1.165) is 48.3 Å². The third kappa shape index (κ3) is 11.9. The lowest BCUT2D eigenvalue weighted by atomic mass is 9.91. The van der Waals surface area contributed by atoms with E-state index in [9.17, 15) is 28.5 Å². The first-order chi connectivity index (χ1) is 28.7. The molecule has 2 aromatic heterocycles. The second-order valence-electron chi connectivity index (χ2n) is 16.6. The molecule has 3 fully saturated rings. The van der Waals surface area contributed by atoms with Crippen LogP contribution in [0.25, 0.3) is 10.1 Å². The van der Waals surface area contributed by atoms with Gasteiger partial charge in [0.05, 0.1) is 24.0 Å². The number of carbonyl (C=O) groups is 5. The number of rotatable bonds is 19. The Morgan fingerprint density at radius 3 is 2.27 bits per heavy atom. The standard InChI is InChI=1S/C43H56FN4O8PS3/c1-27(2)19-38(49)58-17-15-55-57(54,56-16-18-59-39(50)20-28(3)4)40(44)29-10-13-36-32(21-29)22-37(60-36)41(51)46-24-31-7-5-9-34-11-12-35(48(34)42(31)52)43(53)47-25-33(26-47)30-8-6-14-45-23-30/h6,8,10,13-14,21-23,27-28,31,33-35,40H,5,7,9,11-12,15-20,24-26H2,1-4H3,(H,46,51)/t31?,34-,35-,40+/m0/s1. The summed E-state index contributed by atoms with van der Waals surface area (Å²) in [6.45, 7) is 8.73. The van der Waals surface area contributed by atoms with Crippen LogP contribution in [0.3, 0.4) is 0 Å². The molecule has 6 rings (SSSR count). The number of aromatic nitrogens is 1. The molecule has 0 bridgehead atoms. The number of fused-ring (bicyclic) bond motifs is 2. The number of halogens is 1. The van der Waals surface area contributed by atoms with Crippen LogP contribution in [0.5, 0.6) is 0 Å². The van der Waals surface area contributed by atoms with E-state index in [1.807, 2.05) is 50.9 Å². The molecule has 17 heteroatoms. The van der Waals surface area contributed by atoms with Gasteiger partial charge in [-0.15, -0.1) is 11.3 Å². The van der Waals surface area contributed by atoms with Gasteiger partial charge in [0.25, 0.3) is 5.91 Å². The van der Waals surface area contributed by atoms with Crippen molar-refractivity contribution in [1.29, 1.82) is 0 Å². The van der Waals surface area contributed by atoms with Gasteiger partial charge in [-0.1, -0.05) is 69.8 Å². The Hall–Kier alpha value is -3.14. The molecule has 3 saturated heterocycles. The Bertz CT molecular complexity index is 2010. The number of nitrogens with zero attached hydrogens (tertiary/aromatic N) is 3. The van der Waals surface area contributed by atoms with Crippen LogP contribution in [-0.4, -0.2) is 99.2 Å². The first-order valence-corrected chi connectivity index (χ1v) is 25.3. The zero-order valence-electron chi connectivity index (χ0n) is 34.7. The molecule has 3 aliphatic rings. The van der Waals surface area contributed by atoms with E-state index in [2.05, 4.69) is 10.3 Å². The second kappa shape index (κ2) is 21.3. The number of hydrogen-bond donors (Lipinski definition) is 1. The van der Waals surface area contributed by atoms with E-state index in [0.29, 0.717) is 53.7 Å². The lowest BCUT2D eigenvalue weighted by Crippen LogP contribution is -2.57. The van der Waals surface area contributed by atoms with Gasteiger partial charge in [-0.25, -0.2) is 4.39 Å². The number of pyridine rings is 1. The second-order valence-corrected chi connectivity index (χ2v) is 22.1. The minimum Gasteiger partial charge on any atom is -0.351 e. The quantitative estimate of drug-likeness (QED) is 0.0910. The van der Waals surface area contributed by atoms with Crippen LogP contribution in [0.2, 0.25) is 0 Å². The number of alkyl halides is 1. The van der Waals surface area contributed by atoms with Crippen molar-refractivity contribution < 1.29 is 42.0 Å². The number of carbonyl (C=O) groups excluding carboxylic acids is 5. The van der Waals surface area contributed by atoms with Gasteiger partial charge in [-0.05, 0) is 78.3 Å². The molecule has 1 aromatic carbocycles. The average molecular weight is 903 g/mol. The van der Waals surface area contributed by atoms with E-state index < -0.39 is 25.5 Å². The molecule has 0 saturated carbocycles. The largest absolute Gasteiger partial charge is 0.369 e. The molecule has 326 valence electrons. The third-order valence-electron chi connectivity index (χ3n) is 11.0. The summed E-state index contributed by atoms with van der Waals surface area (Å²) >= 11 is 3.29. The maximum Gasteiger partial charge on any atom is 0.369 e. The first kappa shape index (κ1) is 46.4. The van der Waals surface area contributed by atoms with Crippen LogP contribution in [0, 0.1) is 17.8 Å². The molecule has 1 unspecified atom stereocenters. The summed E-state index contributed by atoms with van der Waals surface area (Å²) in [4.78, 5) is 73.8. The van der Waals surface area contributed by atoms with E-state index >= 15 is 4.39 Å². The molecule has 0 spiro atoms. The number of hydrogen-bond acceptors (Lipinski definition) is 12. The molecule has 1 N–H and O–H groups in total. The maximum absolute atomic E-state index is 16.3. The van der Waals surface area contributed by atoms with Crippen LogP contribution in [0.1, 0.15) is 105 Å². The topological polar surface area (TPSA) is 152 Å². The van der Waals surface area contributed by atoms with Crippen molar-refractivity contribution in [2.75, 3.05) is 44.4 Å². The Morgan fingerprint density at radius 1 is 0.950 bits per heavy atom. The molecule has 4 atom stereocenters. The molecule has 12 nitrogen and oxygen atoms in total. The zero-order valence-corrected chi connectivity index (χ0v) is 38.1. The van der Waals surface area contributed by atoms with Gasteiger partial charge in [0.2, 0.25) is 17.7 Å². The summed E-state index contributed by atoms with van der Waals surface area (Å²) in [7, 11) is -4.43. The lowest BCUT2D eigenvalue weighted by molar-refractivity contribution is -0.149. The normalized spacial score (nSPS) is 20.3. The zero-order chi connectivity index (χ0) is 43.0. The van der Waals surface area contributed by atoms with Crippen molar-refractivity contribution in [2.24, 2.45) is 17.8 Å². The first-order valence-electron chi connectivity index (χ1n) is 20.9. The highest BCUT2D eigenvalue weighted by atomic mass is 32.2. The predicted octanol–water partition coefficient (Wildman–Crippen LogP) is 8.62. The SMILES string of the molecule is CC(C)CC(=O)SCCOP(=O)(OCCSC(=O)CC(C)C)[C@@H](F)c1ccc2sc(C(=O)NCC3CCC[C@H]4CC[C@@H](C(=O)N5CC(c6cccnc6)C5)N4C3=O)cc2c1. The fourth-order valence-electron chi connectivity index (χ4n) is 7.96. The van der Waals surface area contributed by atoms with E-state index in [1.54, 1.807) is 23.2 Å². The maximum atomic E-state index is 16.3. The average Bonchev–Trinajstić information content (AvgIpc) is 3.79. The van der Waals surface area contributed by atoms with Crippen LogP contribution in [0.15, 0.2) is 48.8 Å². The number of thiophene rings is 1. The summed E-state index contributed by atoms with van der Waals surface area (Å²) in [5.41, 5.74) is 1.15. The van der Waals surface area contributed by atoms with Crippen molar-refractivity contribution in [1.82, 2.24) is 20.1 Å². The summed E-state index contributed by atoms with van der Waals surface area (Å²) in [6.07, 6.45) is 7.99. The van der Waals surface area contributed by atoms with Crippen molar-refractivity contribution in [3.05, 3.63) is 64.8 Å². The fourth-order valence-corrected chi connectivity index (χ4v) is 12.4. The molecule has 0 aliphatic carbocycles. The number of benzene rings is 1. The van der Waals surface area contributed by atoms with E-state index in [-0.39, 0.29) is 88.6 Å². The van der Waals surface area contributed by atoms with Crippen molar-refractivity contribution in [3.8, 4) is 0 Å². The van der Waals surface area contributed by atoms with Gasteiger partial charge in [0, 0.05) is 73.0 Å². The Kier molecular flexibility index (Phi) is 16.5. The number of thioether (sulfide) groups is 2. The summed E-state index contributed by atoms with van der Waals surface area (Å²) in [5, 5.41) is 3.43. The Balaban J connectivity index is 1.06. The van der Waals surface area contributed by atoms with Gasteiger partial charge < -0.3 is 24.2 Å². The van der Waals surface area contributed by atoms with Crippen molar-refractivity contribution in [3.63, 3.8) is 0 Å². The number of likely N-dealkylation sites (tertiary alicyclic amines) is 1. The third-order valence-corrected chi connectivity index (χ3v) is 15.8. The smallest absolute Gasteiger partial charge is 0.351 e. The molecule has 0 radical (unpaired) electrons. The monoisotopic (exact) mass is 902 g/mol.